The van der Waals surface area contributed by atoms with Crippen molar-refractivity contribution in [3.05, 3.63) is 59.5 Å². The summed E-state index contributed by atoms with van der Waals surface area (Å²) in [6.45, 7) is 0.486. The molecular weight excluding hydrogens is 441 g/mol. The molecule has 1 aliphatic heterocycles. The van der Waals surface area contributed by atoms with Gasteiger partial charge in [0.1, 0.15) is 11.4 Å². The van der Waals surface area contributed by atoms with E-state index in [0.29, 0.717) is 36.6 Å². The van der Waals surface area contributed by atoms with Crippen molar-refractivity contribution < 1.29 is 22.6 Å². The maximum Gasteiger partial charge on any atom is 0.227 e. The highest BCUT2D eigenvalue weighted by Crippen LogP contribution is 2.35. The highest BCUT2D eigenvalue weighted by Gasteiger charge is 2.21. The molecule has 2 N–H and O–H groups in total. The number of fused-ring (bicyclic) bond motifs is 6. The van der Waals surface area contributed by atoms with Crippen molar-refractivity contribution in [1.82, 2.24) is 9.97 Å². The number of anilines is 2. The molecular formula is C22H21F3N4O2S. The van der Waals surface area contributed by atoms with Gasteiger partial charge in [-0.25, -0.2) is 18.7 Å². The molecule has 2 heterocycles. The van der Waals surface area contributed by atoms with Crippen LogP contribution in [0.2, 0.25) is 0 Å². The molecule has 4 rings (SSSR count). The zero-order chi connectivity index (χ0) is 22.7. The van der Waals surface area contributed by atoms with E-state index in [0.717, 1.165) is 17.8 Å². The van der Waals surface area contributed by atoms with Gasteiger partial charge < -0.3 is 14.8 Å². The molecule has 0 radical (unpaired) electrons. The summed E-state index contributed by atoms with van der Waals surface area (Å²) >= 11 is 0. The molecule has 1 aliphatic rings. The quantitative estimate of drug-likeness (QED) is 0.536. The lowest BCUT2D eigenvalue weighted by Gasteiger charge is -2.14. The van der Waals surface area contributed by atoms with Crippen LogP contribution in [0.15, 0.2) is 36.5 Å². The Bertz CT molecular complexity index is 1180. The summed E-state index contributed by atoms with van der Waals surface area (Å²) < 4.78 is 62.2. The first-order valence-corrected chi connectivity index (χ1v) is 11.7. The van der Waals surface area contributed by atoms with E-state index >= 15 is 0 Å². The van der Waals surface area contributed by atoms with E-state index in [1.165, 1.54) is 6.07 Å². The third-order valence-electron chi connectivity index (χ3n) is 4.71. The average molecular weight is 462 g/mol. The molecule has 1 atom stereocenters. The van der Waals surface area contributed by atoms with Crippen LogP contribution in [-0.4, -0.2) is 29.4 Å². The van der Waals surface area contributed by atoms with Crippen molar-refractivity contribution in [2.24, 2.45) is 0 Å². The number of nitrogens with one attached hydrogen (secondary N) is 2. The maximum absolute atomic E-state index is 14.6. The molecule has 0 spiro atoms. The van der Waals surface area contributed by atoms with Gasteiger partial charge in [-0.15, -0.1) is 10.7 Å². The van der Waals surface area contributed by atoms with Crippen LogP contribution in [0.3, 0.4) is 0 Å². The Hall–Kier alpha value is -3.14. The van der Waals surface area contributed by atoms with Gasteiger partial charge in [0.15, 0.2) is 17.4 Å². The zero-order valence-corrected chi connectivity index (χ0v) is 18.1. The summed E-state index contributed by atoms with van der Waals surface area (Å²) in [6, 6.07) is 7.64. The normalized spacial score (nSPS) is 14.6. The van der Waals surface area contributed by atoms with Crippen LogP contribution in [0, 0.1) is 22.2 Å². The van der Waals surface area contributed by atoms with Gasteiger partial charge in [0.25, 0.3) is 0 Å². The Morgan fingerprint density at radius 2 is 1.84 bits per heavy atom. The van der Waals surface area contributed by atoms with Crippen molar-refractivity contribution in [2.75, 3.05) is 24.8 Å². The Labute approximate surface area is 185 Å². The number of benzene rings is 2. The van der Waals surface area contributed by atoms with Gasteiger partial charge >= 0.3 is 0 Å². The topological polar surface area (TPSA) is 80.1 Å². The maximum atomic E-state index is 14.6. The molecule has 10 heteroatoms. The second-order valence-electron chi connectivity index (χ2n) is 7.30. The predicted molar refractivity (Wildman–Crippen MR) is 117 cm³/mol. The first-order chi connectivity index (χ1) is 15.4. The van der Waals surface area contributed by atoms with Crippen molar-refractivity contribution in [3.63, 3.8) is 0 Å². The molecule has 0 saturated carbocycles. The Balaban J connectivity index is 1.81. The molecule has 6 nitrogen and oxygen atoms in total. The fraction of sp³-hybridized carbons (Fsp3) is 0.273. The number of hydrogen-bond donors (Lipinski definition) is 2. The van der Waals surface area contributed by atoms with Crippen LogP contribution in [0.4, 0.5) is 24.8 Å². The third kappa shape index (κ3) is 5.01. The predicted octanol–water partition coefficient (Wildman–Crippen LogP) is 5.37. The highest BCUT2D eigenvalue weighted by molar-refractivity contribution is 7.84. The largest absolute Gasteiger partial charge is 0.494 e. The Kier molecular flexibility index (Phi) is 6.59. The number of halogens is 3. The standard InChI is InChI=1S/C22H21F3N4O2S/c1-32(26)12-13-8-14-10-15(9-13)30-6-2-3-7-31-21-16(4-5-17(23)19(21)25)20-18(24)11-27-22(28-14)29-20/h4-5,8-11,26H,2-3,6-7,12H2,1H3,(H,27,28,29). The number of aromatic nitrogens is 2. The van der Waals surface area contributed by atoms with E-state index < -0.39 is 33.9 Å². The lowest BCUT2D eigenvalue weighted by atomic mass is 10.1. The zero-order valence-electron chi connectivity index (χ0n) is 17.3. The van der Waals surface area contributed by atoms with Crippen LogP contribution in [-0.2, 0) is 16.4 Å². The van der Waals surface area contributed by atoms with Crippen LogP contribution < -0.4 is 14.8 Å². The molecule has 1 unspecified atom stereocenters. The Morgan fingerprint density at radius 3 is 2.62 bits per heavy atom. The summed E-state index contributed by atoms with van der Waals surface area (Å²) in [4.78, 5) is 8.17. The minimum absolute atomic E-state index is 0.00311. The van der Waals surface area contributed by atoms with E-state index in [4.69, 9.17) is 14.3 Å². The Morgan fingerprint density at radius 1 is 1.06 bits per heavy atom. The van der Waals surface area contributed by atoms with E-state index in [9.17, 15) is 13.2 Å². The molecule has 32 heavy (non-hydrogen) atoms. The summed E-state index contributed by atoms with van der Waals surface area (Å²) in [7, 11) is -0.564. The van der Waals surface area contributed by atoms with Gasteiger partial charge in [-0.2, -0.15) is 4.39 Å². The minimum atomic E-state index is -1.20. The van der Waals surface area contributed by atoms with E-state index in [2.05, 4.69) is 15.3 Å². The minimum Gasteiger partial charge on any atom is -0.494 e. The monoisotopic (exact) mass is 462 g/mol. The SMILES string of the molecule is CS(=N)Cc1cc2cc(c1)OCCCCOc1c(ccc(F)c1F)-c1nc(ncc1F)N2. The van der Waals surface area contributed by atoms with Gasteiger partial charge in [-0.3, -0.25) is 4.78 Å². The van der Waals surface area contributed by atoms with Crippen LogP contribution in [0.1, 0.15) is 18.4 Å². The lowest BCUT2D eigenvalue weighted by molar-refractivity contribution is 0.258. The lowest BCUT2D eigenvalue weighted by Crippen LogP contribution is -2.06. The molecule has 0 saturated heterocycles. The molecule has 3 aromatic rings. The second-order valence-corrected chi connectivity index (χ2v) is 8.87. The molecule has 0 fully saturated rings. The molecule has 0 aliphatic carbocycles. The third-order valence-corrected chi connectivity index (χ3v) is 5.47. The average Bonchev–Trinajstić information content (AvgIpc) is 2.74. The van der Waals surface area contributed by atoms with E-state index in [-0.39, 0.29) is 23.8 Å². The molecule has 2 aromatic carbocycles. The van der Waals surface area contributed by atoms with Crippen molar-refractivity contribution in [2.45, 2.75) is 18.6 Å². The fourth-order valence-corrected chi connectivity index (χ4v) is 3.99. The van der Waals surface area contributed by atoms with Crippen LogP contribution in [0.5, 0.6) is 11.5 Å². The van der Waals surface area contributed by atoms with Gasteiger partial charge in [0.05, 0.1) is 19.4 Å². The van der Waals surface area contributed by atoms with Crippen molar-refractivity contribution in [1.29, 1.82) is 4.78 Å². The second kappa shape index (κ2) is 9.56. The number of hydrogen-bond acceptors (Lipinski definition) is 6. The van der Waals surface area contributed by atoms with Gasteiger partial charge in [-0.05, 0) is 48.9 Å². The highest BCUT2D eigenvalue weighted by atomic mass is 32.2. The summed E-state index contributed by atoms with van der Waals surface area (Å²) in [5, 5.41) is 3.02. The molecule has 4 bridgehead atoms. The summed E-state index contributed by atoms with van der Waals surface area (Å²) in [5.41, 5.74) is 1.30. The fourth-order valence-electron chi connectivity index (χ4n) is 3.32. The van der Waals surface area contributed by atoms with Crippen LogP contribution >= 0.6 is 0 Å². The number of nitrogens with zero attached hydrogens (tertiary/aromatic N) is 2. The first kappa shape index (κ1) is 22.1. The molecule has 0 amide bonds. The smallest absolute Gasteiger partial charge is 0.227 e. The van der Waals surface area contributed by atoms with Crippen molar-refractivity contribution in [3.8, 4) is 22.8 Å². The van der Waals surface area contributed by atoms with E-state index in [1.807, 2.05) is 18.4 Å². The molecule has 1 aromatic heterocycles. The number of rotatable bonds is 2. The summed E-state index contributed by atoms with van der Waals surface area (Å²) in [5.74, 6) is -2.24. The van der Waals surface area contributed by atoms with Crippen molar-refractivity contribution >= 4 is 22.3 Å². The van der Waals surface area contributed by atoms with Gasteiger partial charge in [0.2, 0.25) is 11.8 Å². The molecule has 168 valence electrons. The van der Waals surface area contributed by atoms with Gasteiger partial charge in [-0.1, -0.05) is 0 Å². The van der Waals surface area contributed by atoms with Gasteiger partial charge in [0, 0.05) is 23.1 Å². The number of ether oxygens (including phenoxy) is 2. The first-order valence-electron chi connectivity index (χ1n) is 9.92. The summed E-state index contributed by atoms with van der Waals surface area (Å²) in [6.07, 6.45) is 3.91. The van der Waals surface area contributed by atoms with Crippen LogP contribution in [0.25, 0.3) is 11.3 Å². The van der Waals surface area contributed by atoms with E-state index in [1.54, 1.807) is 6.07 Å².